The van der Waals surface area contributed by atoms with Gasteiger partial charge in [-0.1, -0.05) is 26.0 Å². The molecule has 1 aromatic heterocycles. The van der Waals surface area contributed by atoms with E-state index in [-0.39, 0.29) is 36.0 Å². The first-order chi connectivity index (χ1) is 14.9. The number of guanidine groups is 1. The number of amides is 1. The Morgan fingerprint density at radius 2 is 1.91 bits per heavy atom. The van der Waals surface area contributed by atoms with Crippen LogP contribution in [0.5, 0.6) is 5.88 Å². The number of rotatable bonds is 10. The molecule has 0 aliphatic carbocycles. The third-order valence-corrected chi connectivity index (χ3v) is 4.73. The van der Waals surface area contributed by atoms with E-state index in [1.807, 2.05) is 36.4 Å². The summed E-state index contributed by atoms with van der Waals surface area (Å²) >= 11 is 0. The molecule has 0 aliphatic heterocycles. The molecule has 1 atom stereocenters. The molecule has 1 amide bonds. The number of nitrogens with one attached hydrogen (secondary N) is 3. The summed E-state index contributed by atoms with van der Waals surface area (Å²) in [7, 11) is 3.38. The van der Waals surface area contributed by atoms with Crippen molar-refractivity contribution < 1.29 is 9.53 Å². The van der Waals surface area contributed by atoms with E-state index in [2.05, 4.69) is 46.7 Å². The zero-order valence-electron chi connectivity index (χ0n) is 19.6. The van der Waals surface area contributed by atoms with Crippen LogP contribution in [0.1, 0.15) is 48.7 Å². The number of pyridine rings is 1. The molecule has 32 heavy (non-hydrogen) atoms. The predicted molar refractivity (Wildman–Crippen MR) is 141 cm³/mol. The molecule has 2 aromatic rings. The van der Waals surface area contributed by atoms with E-state index in [1.54, 1.807) is 20.3 Å². The van der Waals surface area contributed by atoms with Crippen LogP contribution in [-0.4, -0.2) is 43.6 Å². The van der Waals surface area contributed by atoms with Gasteiger partial charge >= 0.3 is 0 Å². The number of benzene rings is 1. The molecule has 0 aliphatic rings. The minimum atomic E-state index is -0.0772. The fraction of sp³-hybridized carbons (Fsp3) is 0.458. The Labute approximate surface area is 208 Å². The van der Waals surface area contributed by atoms with Gasteiger partial charge in [0.05, 0.1) is 6.10 Å². The highest BCUT2D eigenvalue weighted by atomic mass is 127. The molecule has 1 unspecified atom stereocenters. The molecular weight excluding hydrogens is 517 g/mol. The normalized spacial score (nSPS) is 12.0. The second-order valence-corrected chi connectivity index (χ2v) is 7.94. The van der Waals surface area contributed by atoms with Gasteiger partial charge in [0.25, 0.3) is 5.91 Å². The highest BCUT2D eigenvalue weighted by Crippen LogP contribution is 2.15. The Balaban J connectivity index is 0.00000512. The van der Waals surface area contributed by atoms with Crippen LogP contribution in [0.15, 0.2) is 47.6 Å². The summed E-state index contributed by atoms with van der Waals surface area (Å²) in [6.07, 6.45) is 3.68. The van der Waals surface area contributed by atoms with Gasteiger partial charge in [-0.25, -0.2) is 4.98 Å². The topological polar surface area (TPSA) is 87.6 Å². The van der Waals surface area contributed by atoms with Crippen molar-refractivity contribution in [1.82, 2.24) is 20.9 Å². The fourth-order valence-corrected chi connectivity index (χ4v) is 3.29. The molecule has 0 spiro atoms. The van der Waals surface area contributed by atoms with E-state index < -0.39 is 0 Å². The van der Waals surface area contributed by atoms with E-state index in [1.165, 1.54) is 0 Å². The number of aliphatic imine (C=N–C) groups is 1. The zero-order valence-corrected chi connectivity index (χ0v) is 22.0. The number of hydrogen-bond acceptors (Lipinski definition) is 4. The second kappa shape index (κ2) is 14.7. The van der Waals surface area contributed by atoms with Crippen LogP contribution in [0, 0.1) is 5.92 Å². The maximum Gasteiger partial charge on any atom is 0.251 e. The number of carbonyl (C=O) groups excluding carboxylic acids is 1. The lowest BCUT2D eigenvalue weighted by atomic mass is 10.1. The Kier molecular flexibility index (Phi) is 12.7. The van der Waals surface area contributed by atoms with Gasteiger partial charge in [-0.3, -0.25) is 9.79 Å². The molecule has 0 saturated heterocycles. The molecular formula is C24H36IN5O2. The van der Waals surface area contributed by atoms with Crippen molar-refractivity contribution in [2.45, 2.75) is 46.3 Å². The van der Waals surface area contributed by atoms with Crippen LogP contribution in [0.4, 0.5) is 0 Å². The molecule has 1 heterocycles. The van der Waals surface area contributed by atoms with Gasteiger partial charge in [-0.15, -0.1) is 24.0 Å². The number of ether oxygens (including phenoxy) is 1. The van der Waals surface area contributed by atoms with E-state index in [9.17, 15) is 4.79 Å². The standard InChI is InChI=1S/C24H35N5O2.HI/c1-17(2)13-18(3)31-22-15-20(10-11-27-22)16-29-24(26-5)28-12-9-19-7-6-8-21(14-19)23(30)25-4;/h6-8,10-11,14-15,17-18H,9,12-13,16H2,1-5H3,(H,25,30)(H2,26,28,29);1H. The predicted octanol–water partition coefficient (Wildman–Crippen LogP) is 3.78. The van der Waals surface area contributed by atoms with E-state index in [4.69, 9.17) is 4.74 Å². The largest absolute Gasteiger partial charge is 0.475 e. The number of nitrogens with zero attached hydrogens (tertiary/aromatic N) is 2. The van der Waals surface area contributed by atoms with Crippen molar-refractivity contribution in [3.05, 3.63) is 59.3 Å². The molecule has 0 saturated carbocycles. The highest BCUT2D eigenvalue weighted by molar-refractivity contribution is 14.0. The monoisotopic (exact) mass is 553 g/mol. The third-order valence-electron chi connectivity index (χ3n) is 4.73. The minimum absolute atomic E-state index is 0. The third kappa shape index (κ3) is 9.84. The summed E-state index contributed by atoms with van der Waals surface area (Å²) in [5.74, 6) is 1.87. The first-order valence-electron chi connectivity index (χ1n) is 10.8. The van der Waals surface area contributed by atoms with Gasteiger partial charge in [-0.2, -0.15) is 0 Å². The Bertz CT molecular complexity index is 873. The molecule has 3 N–H and O–H groups in total. The van der Waals surface area contributed by atoms with Crippen molar-refractivity contribution in [3.63, 3.8) is 0 Å². The van der Waals surface area contributed by atoms with Gasteiger partial charge in [0.1, 0.15) is 0 Å². The zero-order chi connectivity index (χ0) is 22.6. The summed E-state index contributed by atoms with van der Waals surface area (Å²) in [5.41, 5.74) is 2.83. The lowest BCUT2D eigenvalue weighted by molar-refractivity contribution is 0.0963. The van der Waals surface area contributed by atoms with Crippen LogP contribution in [-0.2, 0) is 13.0 Å². The summed E-state index contributed by atoms with van der Waals surface area (Å²) in [6, 6.07) is 11.6. The number of hydrogen-bond donors (Lipinski definition) is 3. The smallest absolute Gasteiger partial charge is 0.251 e. The van der Waals surface area contributed by atoms with Crippen LogP contribution < -0.4 is 20.7 Å². The SMILES string of the molecule is CN=C(NCCc1cccc(C(=O)NC)c1)NCc1ccnc(OC(C)CC(C)C)c1.I. The quantitative estimate of drug-likeness (QED) is 0.237. The Morgan fingerprint density at radius 1 is 1.12 bits per heavy atom. The number of halogens is 1. The van der Waals surface area contributed by atoms with Crippen LogP contribution in [0.3, 0.4) is 0 Å². The molecule has 2 rings (SSSR count). The maximum atomic E-state index is 11.8. The highest BCUT2D eigenvalue weighted by Gasteiger charge is 2.08. The van der Waals surface area contributed by atoms with Gasteiger partial charge in [-0.05, 0) is 55.0 Å². The fourth-order valence-electron chi connectivity index (χ4n) is 3.29. The van der Waals surface area contributed by atoms with Crippen LogP contribution in [0.25, 0.3) is 0 Å². The molecule has 0 bridgehead atoms. The van der Waals surface area contributed by atoms with Crippen molar-refractivity contribution in [2.24, 2.45) is 10.9 Å². The number of aromatic nitrogens is 1. The Hall–Kier alpha value is -2.36. The summed E-state index contributed by atoms with van der Waals surface area (Å²) in [4.78, 5) is 20.4. The summed E-state index contributed by atoms with van der Waals surface area (Å²) < 4.78 is 5.93. The minimum Gasteiger partial charge on any atom is -0.475 e. The summed E-state index contributed by atoms with van der Waals surface area (Å²) in [6.45, 7) is 7.76. The summed E-state index contributed by atoms with van der Waals surface area (Å²) in [5, 5.41) is 9.28. The molecule has 0 fully saturated rings. The van der Waals surface area contributed by atoms with Crippen LogP contribution in [0.2, 0.25) is 0 Å². The van der Waals surface area contributed by atoms with Gasteiger partial charge < -0.3 is 20.7 Å². The maximum absolute atomic E-state index is 11.8. The van der Waals surface area contributed by atoms with Gasteiger partial charge in [0.2, 0.25) is 5.88 Å². The first kappa shape index (κ1) is 27.7. The first-order valence-corrected chi connectivity index (χ1v) is 10.8. The van der Waals surface area contributed by atoms with E-state index in [0.717, 1.165) is 29.9 Å². The van der Waals surface area contributed by atoms with Crippen molar-refractivity contribution >= 4 is 35.8 Å². The van der Waals surface area contributed by atoms with Crippen molar-refractivity contribution in [2.75, 3.05) is 20.6 Å². The van der Waals surface area contributed by atoms with Gasteiger partial charge in [0.15, 0.2) is 5.96 Å². The average Bonchev–Trinajstić information content (AvgIpc) is 2.75. The molecule has 7 nitrogen and oxygen atoms in total. The number of carbonyl (C=O) groups is 1. The van der Waals surface area contributed by atoms with Crippen LogP contribution >= 0.6 is 24.0 Å². The van der Waals surface area contributed by atoms with E-state index >= 15 is 0 Å². The van der Waals surface area contributed by atoms with Crippen molar-refractivity contribution in [1.29, 1.82) is 0 Å². The van der Waals surface area contributed by atoms with E-state index in [0.29, 0.717) is 30.5 Å². The van der Waals surface area contributed by atoms with Gasteiger partial charge in [0, 0.05) is 45.0 Å². The molecule has 1 aromatic carbocycles. The molecule has 176 valence electrons. The lowest BCUT2D eigenvalue weighted by Gasteiger charge is -2.16. The average molecular weight is 553 g/mol. The van der Waals surface area contributed by atoms with Crippen molar-refractivity contribution in [3.8, 4) is 5.88 Å². The second-order valence-electron chi connectivity index (χ2n) is 7.94. The Morgan fingerprint density at radius 3 is 2.59 bits per heavy atom. The lowest BCUT2D eigenvalue weighted by Crippen LogP contribution is -2.37. The molecule has 0 radical (unpaired) electrons. The molecule has 8 heteroatoms.